The van der Waals surface area contributed by atoms with E-state index in [1.54, 1.807) is 0 Å². The largest absolute Gasteiger partial charge is 0.481 e. The van der Waals surface area contributed by atoms with Gasteiger partial charge < -0.3 is 15.3 Å². The van der Waals surface area contributed by atoms with Crippen molar-refractivity contribution in [1.82, 2.24) is 10.2 Å². The second-order valence-corrected chi connectivity index (χ2v) is 5.51. The SMILES string of the molecule is CC(C)CCN1CCC(C)NC(CC(=O)O)C1=O. The van der Waals surface area contributed by atoms with Crippen LogP contribution in [0.5, 0.6) is 0 Å². The molecule has 2 atom stereocenters. The lowest BCUT2D eigenvalue weighted by Gasteiger charge is -2.24. The minimum atomic E-state index is -0.932. The monoisotopic (exact) mass is 256 g/mol. The molecule has 0 bridgehead atoms. The van der Waals surface area contributed by atoms with Crippen molar-refractivity contribution >= 4 is 11.9 Å². The molecule has 2 unspecified atom stereocenters. The van der Waals surface area contributed by atoms with E-state index >= 15 is 0 Å². The Morgan fingerprint density at radius 2 is 2.22 bits per heavy atom. The smallest absolute Gasteiger partial charge is 0.305 e. The normalized spacial score (nSPS) is 25.3. The molecule has 0 aromatic heterocycles. The number of amides is 1. The third-order valence-corrected chi connectivity index (χ3v) is 3.28. The summed E-state index contributed by atoms with van der Waals surface area (Å²) in [5.74, 6) is -0.453. The van der Waals surface area contributed by atoms with Crippen LogP contribution in [0.4, 0.5) is 0 Å². The molecule has 1 aliphatic heterocycles. The highest BCUT2D eigenvalue weighted by atomic mass is 16.4. The fourth-order valence-electron chi connectivity index (χ4n) is 2.14. The molecule has 0 spiro atoms. The van der Waals surface area contributed by atoms with E-state index in [4.69, 9.17) is 5.11 Å². The van der Waals surface area contributed by atoms with Crippen molar-refractivity contribution < 1.29 is 14.7 Å². The molecule has 1 amide bonds. The summed E-state index contributed by atoms with van der Waals surface area (Å²) in [5.41, 5.74) is 0. The molecule has 1 heterocycles. The maximum absolute atomic E-state index is 12.2. The van der Waals surface area contributed by atoms with Gasteiger partial charge >= 0.3 is 5.97 Å². The first-order valence-corrected chi connectivity index (χ1v) is 6.66. The summed E-state index contributed by atoms with van der Waals surface area (Å²) in [6.45, 7) is 7.68. The van der Waals surface area contributed by atoms with Crippen LogP contribution in [0, 0.1) is 5.92 Å². The molecule has 1 saturated heterocycles. The zero-order valence-electron chi connectivity index (χ0n) is 11.5. The number of nitrogens with zero attached hydrogens (tertiary/aromatic N) is 1. The molecule has 0 aromatic carbocycles. The molecular weight excluding hydrogens is 232 g/mol. The van der Waals surface area contributed by atoms with Gasteiger partial charge in [0.1, 0.15) is 0 Å². The van der Waals surface area contributed by atoms with Gasteiger partial charge in [-0.25, -0.2) is 0 Å². The topological polar surface area (TPSA) is 69.6 Å². The summed E-state index contributed by atoms with van der Waals surface area (Å²) in [4.78, 5) is 24.8. The predicted molar refractivity (Wildman–Crippen MR) is 69.3 cm³/mol. The predicted octanol–water partition coefficient (Wildman–Crippen LogP) is 1.09. The van der Waals surface area contributed by atoms with Crippen LogP contribution < -0.4 is 5.32 Å². The fraction of sp³-hybridized carbons (Fsp3) is 0.846. The molecule has 104 valence electrons. The highest BCUT2D eigenvalue weighted by molar-refractivity contribution is 5.86. The van der Waals surface area contributed by atoms with E-state index in [9.17, 15) is 9.59 Å². The summed E-state index contributed by atoms with van der Waals surface area (Å²) in [6.07, 6.45) is 1.70. The van der Waals surface area contributed by atoms with Crippen molar-refractivity contribution in [3.05, 3.63) is 0 Å². The number of carbonyl (C=O) groups is 2. The van der Waals surface area contributed by atoms with Crippen LogP contribution in [-0.4, -0.2) is 47.1 Å². The number of carboxylic acids is 1. The van der Waals surface area contributed by atoms with Gasteiger partial charge in [0, 0.05) is 19.1 Å². The second-order valence-electron chi connectivity index (χ2n) is 5.51. The number of carbonyl (C=O) groups excluding carboxylic acids is 1. The highest BCUT2D eigenvalue weighted by Crippen LogP contribution is 2.12. The van der Waals surface area contributed by atoms with Gasteiger partial charge in [-0.1, -0.05) is 13.8 Å². The standard InChI is InChI=1S/C13H24N2O3/c1-9(2)4-6-15-7-5-10(3)14-11(13(15)18)8-12(16)17/h9-11,14H,4-8H2,1-3H3,(H,16,17). The second kappa shape index (κ2) is 6.73. The van der Waals surface area contributed by atoms with E-state index in [1.807, 2.05) is 11.8 Å². The third-order valence-electron chi connectivity index (χ3n) is 3.28. The minimum absolute atomic E-state index is 0.0672. The van der Waals surface area contributed by atoms with E-state index in [-0.39, 0.29) is 18.4 Å². The molecule has 1 fully saturated rings. The highest BCUT2D eigenvalue weighted by Gasteiger charge is 2.30. The number of aliphatic carboxylic acids is 1. The molecule has 2 N–H and O–H groups in total. The molecule has 18 heavy (non-hydrogen) atoms. The van der Waals surface area contributed by atoms with Crippen molar-refractivity contribution in [2.45, 2.75) is 52.1 Å². The first-order valence-electron chi connectivity index (χ1n) is 6.66. The number of nitrogens with one attached hydrogen (secondary N) is 1. The van der Waals surface area contributed by atoms with Crippen LogP contribution in [0.3, 0.4) is 0 Å². The van der Waals surface area contributed by atoms with Crippen molar-refractivity contribution in [3.8, 4) is 0 Å². The van der Waals surface area contributed by atoms with Crippen molar-refractivity contribution in [2.75, 3.05) is 13.1 Å². The third kappa shape index (κ3) is 4.64. The van der Waals surface area contributed by atoms with Crippen molar-refractivity contribution in [2.24, 2.45) is 5.92 Å². The summed E-state index contributed by atoms with van der Waals surface area (Å²) in [6, 6.07) is -0.394. The summed E-state index contributed by atoms with van der Waals surface area (Å²) in [5, 5.41) is 12.0. The van der Waals surface area contributed by atoms with Gasteiger partial charge in [0.2, 0.25) is 5.91 Å². The van der Waals surface area contributed by atoms with Gasteiger partial charge in [0.05, 0.1) is 12.5 Å². The van der Waals surface area contributed by atoms with E-state index in [1.165, 1.54) is 0 Å². The van der Waals surface area contributed by atoms with Crippen molar-refractivity contribution in [1.29, 1.82) is 0 Å². The fourth-order valence-corrected chi connectivity index (χ4v) is 2.14. The number of rotatable bonds is 5. The lowest BCUT2D eigenvalue weighted by molar-refractivity contribution is -0.142. The van der Waals surface area contributed by atoms with E-state index in [2.05, 4.69) is 19.2 Å². The van der Waals surface area contributed by atoms with Gasteiger partial charge in [-0.2, -0.15) is 0 Å². The number of carboxylic acid groups (broad SMARTS) is 1. The van der Waals surface area contributed by atoms with Crippen LogP contribution in [0.1, 0.15) is 40.0 Å². The van der Waals surface area contributed by atoms with Gasteiger partial charge in [0.15, 0.2) is 0 Å². The molecule has 1 rings (SSSR count). The van der Waals surface area contributed by atoms with Crippen LogP contribution >= 0.6 is 0 Å². The Balaban J connectivity index is 2.66. The molecule has 5 heteroatoms. The first kappa shape index (κ1) is 15.0. The molecular formula is C13H24N2O3. The number of hydrogen-bond donors (Lipinski definition) is 2. The average molecular weight is 256 g/mol. The van der Waals surface area contributed by atoms with Crippen LogP contribution in [-0.2, 0) is 9.59 Å². The zero-order valence-corrected chi connectivity index (χ0v) is 11.5. The van der Waals surface area contributed by atoms with Gasteiger partial charge in [-0.05, 0) is 25.7 Å². The van der Waals surface area contributed by atoms with Crippen molar-refractivity contribution in [3.63, 3.8) is 0 Å². The summed E-state index contributed by atoms with van der Waals surface area (Å²) >= 11 is 0. The molecule has 0 aliphatic carbocycles. The Morgan fingerprint density at radius 1 is 1.56 bits per heavy atom. The Bertz CT molecular complexity index is 305. The molecule has 0 radical (unpaired) electrons. The minimum Gasteiger partial charge on any atom is -0.481 e. The molecule has 1 aliphatic rings. The summed E-state index contributed by atoms with van der Waals surface area (Å²) in [7, 11) is 0. The Hall–Kier alpha value is -1.10. The summed E-state index contributed by atoms with van der Waals surface area (Å²) < 4.78 is 0. The maximum atomic E-state index is 12.2. The lowest BCUT2D eigenvalue weighted by atomic mass is 10.1. The molecule has 0 aromatic rings. The molecule has 0 saturated carbocycles. The lowest BCUT2D eigenvalue weighted by Crippen LogP contribution is -2.46. The molecule has 5 nitrogen and oxygen atoms in total. The Kier molecular flexibility index (Phi) is 5.59. The van der Waals surface area contributed by atoms with Gasteiger partial charge in [-0.15, -0.1) is 0 Å². The number of hydrogen-bond acceptors (Lipinski definition) is 3. The zero-order chi connectivity index (χ0) is 13.7. The van der Waals surface area contributed by atoms with Gasteiger partial charge in [-0.3, -0.25) is 9.59 Å². The quantitative estimate of drug-likeness (QED) is 0.772. The van der Waals surface area contributed by atoms with Gasteiger partial charge in [0.25, 0.3) is 0 Å². The van der Waals surface area contributed by atoms with E-state index in [0.717, 1.165) is 25.9 Å². The van der Waals surface area contributed by atoms with E-state index < -0.39 is 12.0 Å². The first-order chi connectivity index (χ1) is 8.40. The van der Waals surface area contributed by atoms with Crippen LogP contribution in [0.2, 0.25) is 0 Å². The van der Waals surface area contributed by atoms with Crippen LogP contribution in [0.15, 0.2) is 0 Å². The van der Waals surface area contributed by atoms with E-state index in [0.29, 0.717) is 5.92 Å². The maximum Gasteiger partial charge on any atom is 0.305 e. The average Bonchev–Trinajstić information content (AvgIpc) is 2.37. The van der Waals surface area contributed by atoms with Crippen LogP contribution in [0.25, 0.3) is 0 Å². The Morgan fingerprint density at radius 3 is 2.78 bits per heavy atom. The Labute approximate surface area is 109 Å².